The molecule has 1 aliphatic rings. The van der Waals surface area contributed by atoms with E-state index in [1.165, 1.54) is 36.6 Å². The lowest BCUT2D eigenvalue weighted by atomic mass is 9.86. The molecule has 1 heterocycles. The summed E-state index contributed by atoms with van der Waals surface area (Å²) in [5.41, 5.74) is 2.26. The summed E-state index contributed by atoms with van der Waals surface area (Å²) < 4.78 is 2.10. The predicted octanol–water partition coefficient (Wildman–Crippen LogP) is 4.45. The van der Waals surface area contributed by atoms with Crippen LogP contribution in [0.1, 0.15) is 52.0 Å². The number of hydrogen-bond donors (Lipinski definition) is 1. The first-order valence-corrected chi connectivity index (χ1v) is 10.9. The highest BCUT2D eigenvalue weighted by molar-refractivity contribution is 8.00. The quantitative estimate of drug-likeness (QED) is 0.745. The Morgan fingerprint density at radius 2 is 2.04 bits per heavy atom. The maximum Gasteiger partial charge on any atom is 0.233 e. The van der Waals surface area contributed by atoms with Crippen LogP contribution in [0, 0.1) is 12.8 Å². The van der Waals surface area contributed by atoms with Gasteiger partial charge in [-0.05, 0) is 45.1 Å². The molecular weight excluding hydrogens is 356 g/mol. The number of aromatic nitrogens is 3. The monoisotopic (exact) mass is 386 g/mol. The van der Waals surface area contributed by atoms with Crippen molar-refractivity contribution in [3.05, 3.63) is 29.8 Å². The average molecular weight is 387 g/mol. The minimum Gasteiger partial charge on any atom is -0.352 e. The molecule has 1 fully saturated rings. The number of thioether (sulfide) groups is 1. The molecule has 146 valence electrons. The number of amides is 1. The largest absolute Gasteiger partial charge is 0.352 e. The Balaban J connectivity index is 1.71. The number of rotatable bonds is 6. The summed E-state index contributed by atoms with van der Waals surface area (Å²) in [4.78, 5) is 12.7. The number of nitrogens with one attached hydrogen (secondary N) is 1. The van der Waals surface area contributed by atoms with Crippen molar-refractivity contribution >= 4 is 17.7 Å². The molecule has 1 aromatic carbocycles. The highest BCUT2D eigenvalue weighted by Gasteiger charge is 2.26. The van der Waals surface area contributed by atoms with Crippen molar-refractivity contribution in [2.24, 2.45) is 5.92 Å². The van der Waals surface area contributed by atoms with Crippen LogP contribution in [0.15, 0.2) is 29.4 Å². The van der Waals surface area contributed by atoms with Crippen molar-refractivity contribution < 1.29 is 4.79 Å². The van der Waals surface area contributed by atoms with Crippen molar-refractivity contribution in [1.29, 1.82) is 0 Å². The second-order valence-corrected chi connectivity index (χ2v) is 8.81. The van der Waals surface area contributed by atoms with E-state index in [0.717, 1.165) is 29.5 Å². The van der Waals surface area contributed by atoms with Gasteiger partial charge in [-0.15, -0.1) is 10.2 Å². The van der Waals surface area contributed by atoms with Crippen molar-refractivity contribution in [1.82, 2.24) is 20.1 Å². The molecule has 2 aromatic rings. The summed E-state index contributed by atoms with van der Waals surface area (Å²) in [6.45, 7) is 9.13. The molecule has 27 heavy (non-hydrogen) atoms. The zero-order valence-electron chi connectivity index (χ0n) is 16.7. The Kier molecular flexibility index (Phi) is 6.58. The molecule has 1 aromatic heterocycles. The first-order chi connectivity index (χ1) is 13.0. The van der Waals surface area contributed by atoms with Crippen molar-refractivity contribution in [2.45, 2.75) is 76.4 Å². The van der Waals surface area contributed by atoms with Crippen molar-refractivity contribution in [2.75, 3.05) is 0 Å². The molecule has 1 N–H and O–H groups in total. The molecule has 1 aliphatic carbocycles. The van der Waals surface area contributed by atoms with Crippen LogP contribution in [-0.4, -0.2) is 32.0 Å². The van der Waals surface area contributed by atoms with Crippen LogP contribution in [0.25, 0.3) is 11.4 Å². The number of hydrogen-bond acceptors (Lipinski definition) is 4. The molecule has 0 radical (unpaired) electrons. The van der Waals surface area contributed by atoms with Gasteiger partial charge in [0.2, 0.25) is 5.91 Å². The van der Waals surface area contributed by atoms with Gasteiger partial charge in [-0.25, -0.2) is 0 Å². The second kappa shape index (κ2) is 8.91. The van der Waals surface area contributed by atoms with Gasteiger partial charge in [-0.2, -0.15) is 0 Å². The van der Waals surface area contributed by atoms with Gasteiger partial charge in [0.1, 0.15) is 0 Å². The van der Waals surface area contributed by atoms with Gasteiger partial charge in [0.05, 0.1) is 5.25 Å². The summed E-state index contributed by atoms with van der Waals surface area (Å²) in [5.74, 6) is 1.53. The average Bonchev–Trinajstić information content (AvgIpc) is 3.06. The van der Waals surface area contributed by atoms with Crippen LogP contribution in [-0.2, 0) is 11.3 Å². The zero-order valence-corrected chi connectivity index (χ0v) is 17.6. The fourth-order valence-electron chi connectivity index (χ4n) is 3.73. The molecule has 6 heteroatoms. The number of carbonyl (C=O) groups excluding carboxylic acids is 1. The van der Waals surface area contributed by atoms with Crippen LogP contribution < -0.4 is 5.32 Å². The maximum absolute atomic E-state index is 12.7. The molecule has 0 bridgehead atoms. The topological polar surface area (TPSA) is 59.8 Å². The Bertz CT molecular complexity index is 788. The maximum atomic E-state index is 12.7. The highest BCUT2D eigenvalue weighted by Crippen LogP contribution is 2.29. The molecule has 0 unspecified atom stereocenters. The van der Waals surface area contributed by atoms with Crippen molar-refractivity contribution in [3.63, 3.8) is 0 Å². The third-order valence-corrected chi connectivity index (χ3v) is 6.59. The normalized spacial score (nSPS) is 21.0. The molecule has 0 spiro atoms. The third-order valence-electron chi connectivity index (χ3n) is 5.51. The summed E-state index contributed by atoms with van der Waals surface area (Å²) >= 11 is 1.49. The Labute approximate surface area is 166 Å². The summed E-state index contributed by atoms with van der Waals surface area (Å²) in [6.07, 6.45) is 4.78. The summed E-state index contributed by atoms with van der Waals surface area (Å²) in [7, 11) is 0. The van der Waals surface area contributed by atoms with E-state index in [2.05, 4.69) is 53.0 Å². The van der Waals surface area contributed by atoms with E-state index >= 15 is 0 Å². The van der Waals surface area contributed by atoms with Crippen LogP contribution in [0.5, 0.6) is 0 Å². The minimum absolute atomic E-state index is 0.0989. The first kappa shape index (κ1) is 19.9. The standard InChI is InChI=1S/C21H30N4OS/c1-5-25-19(17-12-8-6-10-14(17)2)23-24-21(25)27-16(4)20(26)22-18-13-9-7-11-15(18)3/h6,8,10,12,15-16,18H,5,7,9,11,13H2,1-4H3,(H,22,26)/t15-,16-,18+/m0/s1. The smallest absolute Gasteiger partial charge is 0.233 e. The van der Waals surface area contributed by atoms with Gasteiger partial charge in [0.15, 0.2) is 11.0 Å². The third kappa shape index (κ3) is 4.54. The lowest BCUT2D eigenvalue weighted by Gasteiger charge is -2.30. The molecule has 1 amide bonds. The van der Waals surface area contributed by atoms with Gasteiger partial charge < -0.3 is 9.88 Å². The van der Waals surface area contributed by atoms with Crippen LogP contribution in [0.2, 0.25) is 0 Å². The lowest BCUT2D eigenvalue weighted by Crippen LogP contribution is -2.44. The van der Waals surface area contributed by atoms with Gasteiger partial charge in [0.25, 0.3) is 0 Å². The molecule has 0 aliphatic heterocycles. The Morgan fingerprint density at radius 1 is 1.30 bits per heavy atom. The van der Waals surface area contributed by atoms with E-state index in [1.807, 2.05) is 19.1 Å². The highest BCUT2D eigenvalue weighted by atomic mass is 32.2. The van der Waals surface area contributed by atoms with Gasteiger partial charge in [-0.3, -0.25) is 4.79 Å². The minimum atomic E-state index is -0.196. The Hall–Kier alpha value is -1.82. The summed E-state index contributed by atoms with van der Waals surface area (Å²) in [6, 6.07) is 8.50. The van der Waals surface area contributed by atoms with Crippen LogP contribution in [0.3, 0.4) is 0 Å². The van der Waals surface area contributed by atoms with E-state index in [0.29, 0.717) is 12.0 Å². The number of carbonyl (C=O) groups is 1. The zero-order chi connectivity index (χ0) is 19.4. The molecule has 3 rings (SSSR count). The predicted molar refractivity (Wildman–Crippen MR) is 111 cm³/mol. The van der Waals surface area contributed by atoms with Crippen LogP contribution >= 0.6 is 11.8 Å². The van der Waals surface area contributed by atoms with Gasteiger partial charge >= 0.3 is 0 Å². The number of nitrogens with zero attached hydrogens (tertiary/aromatic N) is 3. The SMILES string of the molecule is CCn1c(S[C@@H](C)C(=O)N[C@@H]2CCCC[C@@H]2C)nnc1-c1ccccc1C. The fraction of sp³-hybridized carbons (Fsp3) is 0.571. The van der Waals surface area contributed by atoms with Gasteiger partial charge in [0, 0.05) is 18.2 Å². The first-order valence-electron chi connectivity index (χ1n) is 9.97. The second-order valence-electron chi connectivity index (χ2n) is 7.50. The Morgan fingerprint density at radius 3 is 2.74 bits per heavy atom. The number of aryl methyl sites for hydroxylation is 1. The molecule has 3 atom stereocenters. The molecule has 5 nitrogen and oxygen atoms in total. The van der Waals surface area contributed by atoms with E-state index in [-0.39, 0.29) is 11.2 Å². The van der Waals surface area contributed by atoms with Gasteiger partial charge in [-0.1, -0.05) is 55.8 Å². The van der Waals surface area contributed by atoms with E-state index < -0.39 is 0 Å². The summed E-state index contributed by atoms with van der Waals surface area (Å²) in [5, 5.41) is 12.7. The number of benzene rings is 1. The molecule has 1 saturated carbocycles. The van der Waals surface area contributed by atoms with E-state index in [9.17, 15) is 4.79 Å². The van der Waals surface area contributed by atoms with Crippen LogP contribution in [0.4, 0.5) is 0 Å². The van der Waals surface area contributed by atoms with Crippen molar-refractivity contribution in [3.8, 4) is 11.4 Å². The van der Waals surface area contributed by atoms with E-state index in [4.69, 9.17) is 0 Å². The fourth-order valence-corrected chi connectivity index (χ4v) is 4.65. The molecular formula is C21H30N4OS. The van der Waals surface area contributed by atoms with E-state index in [1.54, 1.807) is 0 Å². The molecule has 0 saturated heterocycles. The lowest BCUT2D eigenvalue weighted by molar-refractivity contribution is -0.121.